The fraction of sp³-hybridized carbons (Fsp3) is 0.167. The fourth-order valence-corrected chi connectivity index (χ4v) is 7.34. The summed E-state index contributed by atoms with van der Waals surface area (Å²) in [6, 6.07) is 18.2. The number of rotatable bonds is 8. The molecule has 4 aromatic carbocycles. The van der Waals surface area contributed by atoms with Gasteiger partial charge in [0.2, 0.25) is 10.0 Å². The maximum atomic E-state index is 13.7. The van der Waals surface area contributed by atoms with Gasteiger partial charge in [-0.05, 0) is 76.9 Å². The number of ketones is 1. The van der Waals surface area contributed by atoms with Crippen LogP contribution in [0.1, 0.15) is 34.7 Å². The summed E-state index contributed by atoms with van der Waals surface area (Å²) in [5.41, 5.74) is 1.50. The van der Waals surface area contributed by atoms with E-state index in [0.29, 0.717) is 24.0 Å². The number of carbonyl (C=O) groups excluding carboxylic acids is 1. The Kier molecular flexibility index (Phi) is 9.32. The van der Waals surface area contributed by atoms with E-state index in [9.17, 15) is 44.3 Å². The second kappa shape index (κ2) is 13.5. The smallest absolute Gasteiger partial charge is 0.251 e. The van der Waals surface area contributed by atoms with Crippen molar-refractivity contribution < 1.29 is 39.6 Å². The van der Waals surface area contributed by atoms with Crippen LogP contribution >= 0.6 is 0 Å². The zero-order chi connectivity index (χ0) is 35.0. The first-order valence-corrected chi connectivity index (χ1v) is 16.5. The number of benzene rings is 4. The van der Waals surface area contributed by atoms with E-state index in [4.69, 9.17) is 0 Å². The van der Waals surface area contributed by atoms with Crippen LogP contribution in [0.4, 0.5) is 26.3 Å². The number of piperidine rings is 1. The van der Waals surface area contributed by atoms with E-state index in [2.05, 4.69) is 0 Å². The predicted molar refractivity (Wildman–Crippen MR) is 169 cm³/mol. The van der Waals surface area contributed by atoms with E-state index in [-0.39, 0.29) is 40.6 Å². The molecule has 6 nitrogen and oxygen atoms in total. The largest absolute Gasteiger partial charge is 0.306 e. The molecule has 49 heavy (non-hydrogen) atoms. The molecule has 0 saturated carbocycles. The molecule has 5 aromatic rings. The van der Waals surface area contributed by atoms with E-state index in [1.807, 2.05) is 0 Å². The second-order valence-electron chi connectivity index (χ2n) is 11.6. The molecule has 2 heterocycles. The lowest BCUT2D eigenvalue weighted by atomic mass is 9.89. The van der Waals surface area contributed by atoms with Gasteiger partial charge in [-0.25, -0.2) is 34.8 Å². The van der Waals surface area contributed by atoms with Crippen molar-refractivity contribution in [1.29, 1.82) is 0 Å². The highest BCUT2D eigenvalue weighted by Crippen LogP contribution is 2.33. The molecule has 1 aliphatic heterocycles. The number of hydrogen-bond acceptors (Lipinski definition) is 4. The molecule has 1 aliphatic rings. The van der Waals surface area contributed by atoms with Gasteiger partial charge in [0, 0.05) is 30.9 Å². The summed E-state index contributed by atoms with van der Waals surface area (Å²) in [4.78, 5) is 25.4. The van der Waals surface area contributed by atoms with Gasteiger partial charge in [-0.2, -0.15) is 4.31 Å². The molecule has 6 rings (SSSR count). The van der Waals surface area contributed by atoms with E-state index in [0.717, 1.165) is 46.7 Å². The molecule has 13 heteroatoms. The first-order valence-electron chi connectivity index (χ1n) is 15.1. The Morgan fingerprint density at radius 1 is 0.653 bits per heavy atom. The van der Waals surface area contributed by atoms with E-state index < -0.39 is 62.8 Å². The summed E-state index contributed by atoms with van der Waals surface area (Å²) in [7, 11) is -4.04. The number of hydrogen-bond donors (Lipinski definition) is 0. The van der Waals surface area contributed by atoms with Gasteiger partial charge >= 0.3 is 0 Å². The number of carbonyl (C=O) groups is 1. The van der Waals surface area contributed by atoms with Crippen LogP contribution in [0.25, 0.3) is 22.3 Å². The fourth-order valence-electron chi connectivity index (χ4n) is 5.85. The van der Waals surface area contributed by atoms with Gasteiger partial charge in [0.15, 0.2) is 40.7 Å². The highest BCUT2D eigenvalue weighted by Gasteiger charge is 2.30. The molecule has 0 spiro atoms. The van der Waals surface area contributed by atoms with Crippen LogP contribution in [0.3, 0.4) is 0 Å². The summed E-state index contributed by atoms with van der Waals surface area (Å²) in [5, 5.41) is 0. The van der Waals surface area contributed by atoms with Crippen molar-refractivity contribution >= 4 is 15.8 Å². The summed E-state index contributed by atoms with van der Waals surface area (Å²) in [6.07, 6.45) is 2.06. The molecule has 0 aliphatic carbocycles. The zero-order valence-electron chi connectivity index (χ0n) is 25.5. The Morgan fingerprint density at radius 2 is 1.12 bits per heavy atom. The van der Waals surface area contributed by atoms with E-state index in [1.54, 1.807) is 24.3 Å². The molecule has 0 unspecified atom stereocenters. The van der Waals surface area contributed by atoms with Crippen molar-refractivity contribution in [3.05, 3.63) is 148 Å². The molecule has 252 valence electrons. The lowest BCUT2D eigenvalue weighted by Gasteiger charge is -2.31. The van der Waals surface area contributed by atoms with Gasteiger partial charge in [-0.1, -0.05) is 48.5 Å². The third-order valence-corrected chi connectivity index (χ3v) is 10.5. The molecule has 0 atom stereocenters. The topological polar surface area (TPSA) is 76.5 Å². The standard InChI is InChI=1S/C36H26F6N2O4S/c37-29-15-26(16-30(38)35(29)41)22-3-1-21(2-4-22)24-11-13-44(14-12-24)49(47,48)28-9-10-34(46)43(19-28)20-33(45)25-7-5-23(6-8-25)27-17-31(39)36(42)32(40)18-27/h1-10,15-19,24H,11-14,20H2. The highest BCUT2D eigenvalue weighted by molar-refractivity contribution is 7.89. The summed E-state index contributed by atoms with van der Waals surface area (Å²) < 4.78 is 111. The SMILES string of the molecule is O=C(Cn1cc(S(=O)(=O)N2CCC(c3ccc(-c4cc(F)c(F)c(F)c4)cc3)CC2)ccc1=O)c1ccc(-c2cc(F)c(F)c(F)c2)cc1. The van der Waals surface area contributed by atoms with Crippen molar-refractivity contribution in [1.82, 2.24) is 8.87 Å². The minimum Gasteiger partial charge on any atom is -0.306 e. The predicted octanol–water partition coefficient (Wildman–Crippen LogP) is 7.47. The van der Waals surface area contributed by atoms with Gasteiger partial charge in [-0.15, -0.1) is 0 Å². The number of sulfonamides is 1. The van der Waals surface area contributed by atoms with Gasteiger partial charge in [0.05, 0.1) is 11.4 Å². The summed E-state index contributed by atoms with van der Waals surface area (Å²) >= 11 is 0. The van der Waals surface area contributed by atoms with Crippen molar-refractivity contribution in [2.75, 3.05) is 13.1 Å². The average Bonchev–Trinajstić information content (AvgIpc) is 3.10. The molecule has 0 amide bonds. The number of aromatic nitrogens is 1. The van der Waals surface area contributed by atoms with Crippen LogP contribution in [0.2, 0.25) is 0 Å². The minimum atomic E-state index is -4.04. The van der Waals surface area contributed by atoms with Gasteiger partial charge in [0.25, 0.3) is 5.56 Å². The van der Waals surface area contributed by atoms with E-state index in [1.165, 1.54) is 34.6 Å². The molecular formula is C36H26F6N2O4S. The Balaban J connectivity index is 1.11. The first-order chi connectivity index (χ1) is 23.3. The zero-order valence-corrected chi connectivity index (χ0v) is 26.3. The first kappa shape index (κ1) is 33.9. The Morgan fingerprint density at radius 3 is 1.61 bits per heavy atom. The van der Waals surface area contributed by atoms with Gasteiger partial charge in [-0.3, -0.25) is 9.59 Å². The molecule has 1 aromatic heterocycles. The number of Topliss-reactive ketones (excluding diaryl/α,β-unsaturated/α-hetero) is 1. The molecule has 0 bridgehead atoms. The van der Waals surface area contributed by atoms with Crippen LogP contribution in [0.15, 0.2) is 101 Å². The van der Waals surface area contributed by atoms with Gasteiger partial charge in [0.1, 0.15) is 0 Å². The van der Waals surface area contributed by atoms with Gasteiger partial charge < -0.3 is 4.57 Å². The summed E-state index contributed by atoms with van der Waals surface area (Å²) in [5.74, 6) is -8.96. The third-order valence-electron chi connectivity index (χ3n) is 8.59. The van der Waals surface area contributed by atoms with Crippen molar-refractivity contribution in [3.8, 4) is 22.3 Å². The van der Waals surface area contributed by atoms with Crippen LogP contribution in [-0.4, -0.2) is 36.2 Å². The van der Waals surface area contributed by atoms with Crippen LogP contribution in [0.5, 0.6) is 0 Å². The molecular weight excluding hydrogens is 670 g/mol. The number of pyridine rings is 1. The van der Waals surface area contributed by atoms with Crippen LogP contribution in [-0.2, 0) is 16.6 Å². The lowest BCUT2D eigenvalue weighted by molar-refractivity contribution is 0.0970. The summed E-state index contributed by atoms with van der Waals surface area (Å²) in [6.45, 7) is -0.124. The highest BCUT2D eigenvalue weighted by atomic mass is 32.2. The quantitative estimate of drug-likeness (QED) is 0.0959. The molecule has 1 saturated heterocycles. The Bertz CT molecular complexity index is 2190. The maximum absolute atomic E-state index is 13.7. The van der Waals surface area contributed by atoms with E-state index >= 15 is 0 Å². The Hall–Kier alpha value is -5.01. The van der Waals surface area contributed by atoms with Crippen LogP contribution < -0.4 is 5.56 Å². The average molecular weight is 697 g/mol. The van der Waals surface area contributed by atoms with Crippen molar-refractivity contribution in [2.24, 2.45) is 0 Å². The van der Waals surface area contributed by atoms with Crippen LogP contribution in [0, 0.1) is 34.9 Å². The third kappa shape index (κ3) is 6.94. The number of halogens is 6. The Labute approximate surface area is 276 Å². The molecule has 0 radical (unpaired) electrons. The molecule has 0 N–H and O–H groups in total. The second-order valence-corrected chi connectivity index (χ2v) is 13.6. The lowest BCUT2D eigenvalue weighted by Crippen LogP contribution is -2.38. The maximum Gasteiger partial charge on any atom is 0.251 e. The normalized spacial score (nSPS) is 14.2. The van der Waals surface area contributed by atoms with Crippen molar-refractivity contribution in [3.63, 3.8) is 0 Å². The minimum absolute atomic E-state index is 0.00116. The number of nitrogens with zero attached hydrogens (tertiary/aromatic N) is 2. The van der Waals surface area contributed by atoms with Crippen molar-refractivity contribution in [2.45, 2.75) is 30.2 Å². The monoisotopic (exact) mass is 696 g/mol. The molecule has 1 fully saturated rings.